The second-order valence-electron chi connectivity index (χ2n) is 5.13. The van der Waals surface area contributed by atoms with Crippen LogP contribution < -0.4 is 10.6 Å². The summed E-state index contributed by atoms with van der Waals surface area (Å²) < 4.78 is 31.8. The Morgan fingerprint density at radius 2 is 1.92 bits per heavy atom. The summed E-state index contributed by atoms with van der Waals surface area (Å²) in [6.45, 7) is 0.432. The Morgan fingerprint density at radius 3 is 2.50 bits per heavy atom. The summed E-state index contributed by atoms with van der Waals surface area (Å²) in [5.74, 6) is -0.645. The van der Waals surface area contributed by atoms with Crippen molar-refractivity contribution < 1.29 is 17.8 Å². The van der Waals surface area contributed by atoms with Crippen LogP contribution in [0.2, 0.25) is 0 Å². The zero-order valence-corrected chi connectivity index (χ0v) is 15.7. The fourth-order valence-corrected chi connectivity index (χ4v) is 2.90. The van der Waals surface area contributed by atoms with Gasteiger partial charge >= 0.3 is 0 Å². The van der Waals surface area contributed by atoms with E-state index in [1.807, 2.05) is 24.3 Å². The highest BCUT2D eigenvalue weighted by Gasteiger charge is 2.11. The summed E-state index contributed by atoms with van der Waals surface area (Å²) >= 11 is 3.36. The number of nitriles is 1. The van der Waals surface area contributed by atoms with Gasteiger partial charge in [-0.1, -0.05) is 28.1 Å². The van der Waals surface area contributed by atoms with E-state index in [2.05, 4.69) is 26.6 Å². The van der Waals surface area contributed by atoms with Gasteiger partial charge in [0.1, 0.15) is 11.6 Å². The van der Waals surface area contributed by atoms with E-state index in [-0.39, 0.29) is 16.2 Å². The lowest BCUT2D eigenvalue weighted by Crippen LogP contribution is -2.16. The number of rotatable bonds is 6. The van der Waals surface area contributed by atoms with E-state index in [9.17, 15) is 13.2 Å². The van der Waals surface area contributed by atoms with Crippen LogP contribution in [0, 0.1) is 11.3 Å². The second-order valence-corrected chi connectivity index (χ2v) is 7.47. The van der Waals surface area contributed by atoms with Gasteiger partial charge in [0, 0.05) is 22.9 Å². The smallest absolute Gasteiger partial charge is 0.294 e. The Balaban J connectivity index is 2.00. The minimum atomic E-state index is -4.30. The molecule has 1 amide bonds. The second kappa shape index (κ2) is 8.62. The number of carbonyl (C=O) groups is 1. The number of nitrogens with one attached hydrogen (secondary N) is 2. The average Bonchev–Trinajstić information content (AvgIpc) is 2.58. The van der Waals surface area contributed by atoms with Crippen LogP contribution in [0.1, 0.15) is 5.56 Å². The third-order valence-corrected chi connectivity index (χ3v) is 4.58. The predicted molar refractivity (Wildman–Crippen MR) is 99.6 cm³/mol. The minimum Gasteiger partial charge on any atom is -0.386 e. The zero-order valence-electron chi connectivity index (χ0n) is 13.3. The number of amides is 1. The molecule has 0 aliphatic rings. The van der Waals surface area contributed by atoms with Crippen LogP contribution in [-0.2, 0) is 21.5 Å². The molecule has 9 heteroatoms. The molecule has 0 fully saturated rings. The Bertz CT molecular complexity index is 980. The van der Waals surface area contributed by atoms with Crippen molar-refractivity contribution in [2.24, 2.45) is 0 Å². The van der Waals surface area contributed by atoms with Gasteiger partial charge in [-0.2, -0.15) is 13.7 Å². The molecule has 2 aromatic carbocycles. The lowest BCUT2D eigenvalue weighted by Gasteiger charge is -2.06. The minimum absolute atomic E-state index is 0.140. The van der Waals surface area contributed by atoms with Gasteiger partial charge in [-0.25, -0.2) is 0 Å². The van der Waals surface area contributed by atoms with Gasteiger partial charge in [-0.3, -0.25) is 9.35 Å². The third-order valence-electron chi connectivity index (χ3n) is 3.22. The van der Waals surface area contributed by atoms with E-state index in [0.717, 1.165) is 22.2 Å². The first-order valence-electron chi connectivity index (χ1n) is 7.26. The van der Waals surface area contributed by atoms with Gasteiger partial charge in [-0.05, 0) is 42.0 Å². The maximum atomic E-state index is 12.1. The summed E-state index contributed by atoms with van der Waals surface area (Å²) in [5, 5.41) is 14.5. The molecule has 2 rings (SSSR count). The van der Waals surface area contributed by atoms with Crippen molar-refractivity contribution in [1.82, 2.24) is 5.32 Å². The highest BCUT2D eigenvalue weighted by Crippen LogP contribution is 2.14. The lowest BCUT2D eigenvalue weighted by molar-refractivity contribution is -0.112. The Morgan fingerprint density at radius 1 is 1.23 bits per heavy atom. The van der Waals surface area contributed by atoms with Gasteiger partial charge in [0.05, 0.1) is 4.90 Å². The number of hydrogen-bond acceptors (Lipinski definition) is 5. The van der Waals surface area contributed by atoms with Crippen LogP contribution in [0.25, 0.3) is 0 Å². The zero-order chi connectivity index (χ0) is 19.2. The molecule has 7 nitrogen and oxygen atoms in total. The molecule has 0 spiro atoms. The molecule has 0 radical (unpaired) electrons. The highest BCUT2D eigenvalue weighted by atomic mass is 79.9. The normalized spacial score (nSPS) is 11.5. The van der Waals surface area contributed by atoms with Crippen molar-refractivity contribution in [2.45, 2.75) is 11.4 Å². The first-order chi connectivity index (χ1) is 12.3. The molecule has 0 aliphatic carbocycles. The summed E-state index contributed by atoms with van der Waals surface area (Å²) in [7, 11) is -4.30. The topological polar surface area (TPSA) is 119 Å². The molecular formula is C17H14BrN3O4S. The van der Waals surface area contributed by atoms with Crippen molar-refractivity contribution in [2.75, 3.05) is 5.32 Å². The Hall–Kier alpha value is -2.67. The van der Waals surface area contributed by atoms with E-state index < -0.39 is 16.0 Å². The number of halogens is 1. The molecule has 26 heavy (non-hydrogen) atoms. The predicted octanol–water partition coefficient (Wildman–Crippen LogP) is 2.83. The quantitative estimate of drug-likeness (QED) is 0.364. The van der Waals surface area contributed by atoms with Crippen molar-refractivity contribution >= 4 is 37.6 Å². The fourth-order valence-electron chi connectivity index (χ4n) is 1.98. The van der Waals surface area contributed by atoms with Crippen molar-refractivity contribution in [3.63, 3.8) is 0 Å². The van der Waals surface area contributed by atoms with Crippen LogP contribution in [0.3, 0.4) is 0 Å². The molecule has 0 aliphatic heterocycles. The first-order valence-corrected chi connectivity index (χ1v) is 9.50. The van der Waals surface area contributed by atoms with Gasteiger partial charge in [-0.15, -0.1) is 0 Å². The molecule has 2 aromatic rings. The maximum absolute atomic E-state index is 12.1. The highest BCUT2D eigenvalue weighted by molar-refractivity contribution is 9.10. The first kappa shape index (κ1) is 19.7. The van der Waals surface area contributed by atoms with Gasteiger partial charge in [0.25, 0.3) is 16.0 Å². The van der Waals surface area contributed by atoms with Crippen LogP contribution >= 0.6 is 15.9 Å². The number of hydrogen-bond donors (Lipinski definition) is 3. The molecule has 0 bridgehead atoms. The summed E-state index contributed by atoms with van der Waals surface area (Å²) in [6, 6.07) is 14.3. The molecule has 0 aromatic heterocycles. The summed E-state index contributed by atoms with van der Waals surface area (Å²) in [6.07, 6.45) is 1.31. The van der Waals surface area contributed by atoms with Crippen LogP contribution in [0.15, 0.2) is 69.7 Å². The maximum Gasteiger partial charge on any atom is 0.294 e. The standard InChI is InChI=1S/C17H14BrN3O4S/c18-14-3-1-2-12(8-14)10-20-11-13(9-19)17(22)21-15-4-6-16(7-5-15)26(23,24)25/h1-8,11,20H,10H2,(H,21,22)(H,23,24,25)/b13-11-. The Kier molecular flexibility index (Phi) is 6.52. The summed E-state index contributed by atoms with van der Waals surface area (Å²) in [4.78, 5) is 11.8. The van der Waals surface area contributed by atoms with Crippen molar-refractivity contribution in [3.8, 4) is 6.07 Å². The third kappa shape index (κ3) is 5.70. The van der Waals surface area contributed by atoms with Gasteiger partial charge in [0.15, 0.2) is 0 Å². The monoisotopic (exact) mass is 435 g/mol. The van der Waals surface area contributed by atoms with Gasteiger partial charge in [0.2, 0.25) is 0 Å². The number of nitrogens with zero attached hydrogens (tertiary/aromatic N) is 1. The summed E-state index contributed by atoms with van der Waals surface area (Å²) in [5.41, 5.74) is 1.11. The fraction of sp³-hybridized carbons (Fsp3) is 0.0588. The van der Waals surface area contributed by atoms with Crippen LogP contribution in [-0.4, -0.2) is 18.9 Å². The van der Waals surface area contributed by atoms with Crippen LogP contribution in [0.4, 0.5) is 5.69 Å². The molecule has 3 N–H and O–H groups in total. The van der Waals surface area contributed by atoms with E-state index >= 15 is 0 Å². The molecule has 0 saturated heterocycles. The molecule has 0 unspecified atom stereocenters. The van der Waals surface area contributed by atoms with Crippen molar-refractivity contribution in [1.29, 1.82) is 5.26 Å². The van der Waals surface area contributed by atoms with E-state index in [1.54, 1.807) is 6.07 Å². The molecule has 0 heterocycles. The van der Waals surface area contributed by atoms with E-state index in [1.165, 1.54) is 18.3 Å². The SMILES string of the molecule is N#C/C(=C/NCc1cccc(Br)c1)C(=O)Nc1ccc(S(=O)(=O)O)cc1. The largest absolute Gasteiger partial charge is 0.386 e. The number of carbonyl (C=O) groups excluding carboxylic acids is 1. The van der Waals surface area contributed by atoms with E-state index in [4.69, 9.17) is 9.81 Å². The van der Waals surface area contributed by atoms with Crippen molar-refractivity contribution in [3.05, 3.63) is 70.3 Å². The Labute approximate surface area is 159 Å². The average molecular weight is 436 g/mol. The molecular weight excluding hydrogens is 422 g/mol. The molecule has 0 saturated carbocycles. The van der Waals surface area contributed by atoms with Crippen LogP contribution in [0.5, 0.6) is 0 Å². The lowest BCUT2D eigenvalue weighted by atomic mass is 10.2. The molecule has 134 valence electrons. The molecule has 0 atom stereocenters. The number of benzene rings is 2. The van der Waals surface area contributed by atoms with Gasteiger partial charge < -0.3 is 10.6 Å². The number of anilines is 1. The van der Waals surface area contributed by atoms with E-state index in [0.29, 0.717) is 6.54 Å².